The van der Waals surface area contributed by atoms with Gasteiger partial charge in [0.2, 0.25) is 10.0 Å². The first-order valence-corrected chi connectivity index (χ1v) is 7.29. The minimum atomic E-state index is -4.09. The molecule has 1 heterocycles. The molecule has 0 fully saturated rings. The van der Waals surface area contributed by atoms with Gasteiger partial charge < -0.3 is 5.11 Å². The summed E-state index contributed by atoms with van der Waals surface area (Å²) in [6, 6.07) is 4.24. The molecule has 0 radical (unpaired) electrons. The first-order chi connectivity index (χ1) is 9.81. The fraction of sp³-hybridized carbons (Fsp3) is 0.167. The molecule has 2 aromatic rings. The predicted octanol–water partition coefficient (Wildman–Crippen LogP) is 0.736. The summed E-state index contributed by atoms with van der Waals surface area (Å²) in [5.74, 6) is -2.45. The van der Waals surface area contributed by atoms with Crippen LogP contribution in [0.4, 0.5) is 4.39 Å². The molecule has 2 rings (SSSR count). The standard InChI is InChI=1S/C12H12FN3O4S/c1-16-9(4-5-14-16)7-15-21(19,20)11-3-2-8(12(17)18)6-10(11)13/h2-6,15H,7H2,1H3,(H,17,18). The van der Waals surface area contributed by atoms with Crippen molar-refractivity contribution in [2.75, 3.05) is 0 Å². The summed E-state index contributed by atoms with van der Waals surface area (Å²) in [6.07, 6.45) is 1.51. The maximum absolute atomic E-state index is 13.8. The van der Waals surface area contributed by atoms with E-state index in [1.54, 1.807) is 13.1 Å². The molecule has 0 saturated heterocycles. The summed E-state index contributed by atoms with van der Waals surface area (Å²) in [4.78, 5) is 10.1. The van der Waals surface area contributed by atoms with E-state index in [9.17, 15) is 17.6 Å². The molecule has 0 aliphatic carbocycles. The smallest absolute Gasteiger partial charge is 0.335 e. The molecule has 2 N–H and O–H groups in total. The molecule has 0 aliphatic heterocycles. The zero-order valence-corrected chi connectivity index (χ0v) is 11.8. The van der Waals surface area contributed by atoms with Crippen molar-refractivity contribution in [3.05, 3.63) is 47.5 Å². The highest BCUT2D eigenvalue weighted by Crippen LogP contribution is 2.16. The molecule has 0 bridgehead atoms. The summed E-state index contributed by atoms with van der Waals surface area (Å²) in [7, 11) is -2.44. The van der Waals surface area contributed by atoms with Crippen molar-refractivity contribution < 1.29 is 22.7 Å². The van der Waals surface area contributed by atoms with Crippen LogP contribution in [0, 0.1) is 5.82 Å². The van der Waals surface area contributed by atoms with Crippen molar-refractivity contribution >= 4 is 16.0 Å². The third-order valence-corrected chi connectivity index (χ3v) is 4.27. The van der Waals surface area contributed by atoms with E-state index in [0.717, 1.165) is 12.1 Å². The highest BCUT2D eigenvalue weighted by molar-refractivity contribution is 7.89. The third-order valence-electron chi connectivity index (χ3n) is 2.83. The number of hydrogen-bond acceptors (Lipinski definition) is 4. The summed E-state index contributed by atoms with van der Waals surface area (Å²) in [5, 5.41) is 12.6. The minimum Gasteiger partial charge on any atom is -0.478 e. The normalized spacial score (nSPS) is 11.5. The fourth-order valence-corrected chi connectivity index (χ4v) is 2.73. The van der Waals surface area contributed by atoms with Crippen molar-refractivity contribution in [1.29, 1.82) is 0 Å². The van der Waals surface area contributed by atoms with Gasteiger partial charge in [0.1, 0.15) is 10.7 Å². The van der Waals surface area contributed by atoms with Gasteiger partial charge in [0, 0.05) is 13.2 Å². The number of carboxylic acids is 1. The largest absolute Gasteiger partial charge is 0.478 e. The highest BCUT2D eigenvalue weighted by atomic mass is 32.2. The van der Waals surface area contributed by atoms with E-state index in [1.807, 2.05) is 0 Å². The molecule has 0 saturated carbocycles. The SMILES string of the molecule is Cn1nccc1CNS(=O)(=O)c1ccc(C(=O)O)cc1F. The molecule has 0 amide bonds. The Kier molecular flexibility index (Phi) is 4.05. The van der Waals surface area contributed by atoms with E-state index < -0.39 is 26.7 Å². The van der Waals surface area contributed by atoms with E-state index in [2.05, 4.69) is 9.82 Å². The van der Waals surface area contributed by atoms with Crippen LogP contribution in [-0.4, -0.2) is 29.3 Å². The van der Waals surface area contributed by atoms with Gasteiger partial charge in [-0.05, 0) is 24.3 Å². The van der Waals surface area contributed by atoms with E-state index in [4.69, 9.17) is 5.11 Å². The van der Waals surface area contributed by atoms with Crippen molar-refractivity contribution in [3.8, 4) is 0 Å². The Morgan fingerprint density at radius 2 is 2.14 bits per heavy atom. The first-order valence-electron chi connectivity index (χ1n) is 5.80. The topological polar surface area (TPSA) is 101 Å². The number of hydrogen-bond donors (Lipinski definition) is 2. The van der Waals surface area contributed by atoms with Gasteiger partial charge in [-0.2, -0.15) is 5.10 Å². The number of sulfonamides is 1. The number of aromatic carboxylic acids is 1. The van der Waals surface area contributed by atoms with Crippen LogP contribution >= 0.6 is 0 Å². The summed E-state index contributed by atoms with van der Waals surface area (Å²) in [5.41, 5.74) is 0.277. The number of rotatable bonds is 5. The van der Waals surface area contributed by atoms with Crippen LogP contribution in [0.25, 0.3) is 0 Å². The van der Waals surface area contributed by atoms with Gasteiger partial charge in [-0.25, -0.2) is 22.3 Å². The lowest BCUT2D eigenvalue weighted by molar-refractivity contribution is 0.0696. The lowest BCUT2D eigenvalue weighted by Gasteiger charge is -2.08. The second kappa shape index (κ2) is 5.62. The Bertz CT molecular complexity index is 786. The van der Waals surface area contributed by atoms with Crippen LogP contribution in [0.1, 0.15) is 16.1 Å². The number of aromatic nitrogens is 2. The van der Waals surface area contributed by atoms with Crippen LogP contribution in [0.15, 0.2) is 35.4 Å². The predicted molar refractivity (Wildman–Crippen MR) is 70.6 cm³/mol. The van der Waals surface area contributed by atoms with Crippen LogP contribution in [0.2, 0.25) is 0 Å². The third kappa shape index (κ3) is 3.26. The molecule has 0 unspecified atom stereocenters. The zero-order valence-electron chi connectivity index (χ0n) is 10.9. The van der Waals surface area contributed by atoms with E-state index >= 15 is 0 Å². The number of carbonyl (C=O) groups is 1. The summed E-state index contributed by atoms with van der Waals surface area (Å²) in [6.45, 7) is -0.0566. The van der Waals surface area contributed by atoms with Gasteiger partial charge >= 0.3 is 5.97 Å². The van der Waals surface area contributed by atoms with Crippen LogP contribution in [0.3, 0.4) is 0 Å². The minimum absolute atomic E-state index is 0.0566. The molecule has 9 heteroatoms. The maximum atomic E-state index is 13.8. The number of nitrogens with zero attached hydrogens (tertiary/aromatic N) is 2. The Balaban J connectivity index is 2.23. The van der Waals surface area contributed by atoms with Gasteiger partial charge in [-0.3, -0.25) is 4.68 Å². The fourth-order valence-electron chi connectivity index (χ4n) is 1.67. The van der Waals surface area contributed by atoms with Crippen molar-refractivity contribution in [1.82, 2.24) is 14.5 Å². The number of halogens is 1. The Morgan fingerprint density at radius 1 is 1.43 bits per heavy atom. The number of benzene rings is 1. The van der Waals surface area contributed by atoms with E-state index in [-0.39, 0.29) is 12.1 Å². The monoisotopic (exact) mass is 313 g/mol. The Morgan fingerprint density at radius 3 is 2.67 bits per heavy atom. The zero-order chi connectivity index (χ0) is 15.6. The molecule has 112 valence electrons. The van der Waals surface area contributed by atoms with Crippen molar-refractivity contribution in [2.24, 2.45) is 7.05 Å². The molecule has 7 nitrogen and oxygen atoms in total. The van der Waals surface area contributed by atoms with Gasteiger partial charge in [0.15, 0.2) is 0 Å². The summed E-state index contributed by atoms with van der Waals surface area (Å²) >= 11 is 0. The van der Waals surface area contributed by atoms with E-state index in [1.165, 1.54) is 10.9 Å². The lowest BCUT2D eigenvalue weighted by Crippen LogP contribution is -2.25. The number of carboxylic acid groups (broad SMARTS) is 1. The number of aryl methyl sites for hydroxylation is 1. The average Bonchev–Trinajstić information content (AvgIpc) is 2.81. The summed E-state index contributed by atoms with van der Waals surface area (Å²) < 4.78 is 41.5. The molecule has 0 atom stereocenters. The van der Waals surface area contributed by atoms with Crippen LogP contribution in [0.5, 0.6) is 0 Å². The van der Waals surface area contributed by atoms with Gasteiger partial charge in [-0.15, -0.1) is 0 Å². The molecule has 0 aliphatic rings. The maximum Gasteiger partial charge on any atom is 0.335 e. The average molecular weight is 313 g/mol. The van der Waals surface area contributed by atoms with Crippen molar-refractivity contribution in [3.63, 3.8) is 0 Å². The molecular weight excluding hydrogens is 301 g/mol. The second-order valence-corrected chi connectivity index (χ2v) is 5.96. The first kappa shape index (κ1) is 15.1. The highest BCUT2D eigenvalue weighted by Gasteiger charge is 2.20. The van der Waals surface area contributed by atoms with Gasteiger partial charge in [0.05, 0.1) is 17.8 Å². The molecule has 0 spiro atoms. The number of nitrogens with one attached hydrogen (secondary N) is 1. The van der Waals surface area contributed by atoms with Crippen LogP contribution in [-0.2, 0) is 23.6 Å². The van der Waals surface area contributed by atoms with Crippen molar-refractivity contribution in [2.45, 2.75) is 11.4 Å². The van der Waals surface area contributed by atoms with E-state index in [0.29, 0.717) is 11.8 Å². The molecule has 21 heavy (non-hydrogen) atoms. The molecule has 1 aromatic carbocycles. The lowest BCUT2D eigenvalue weighted by atomic mass is 10.2. The quantitative estimate of drug-likeness (QED) is 0.847. The van der Waals surface area contributed by atoms with Gasteiger partial charge in [0.25, 0.3) is 0 Å². The van der Waals surface area contributed by atoms with Crippen LogP contribution < -0.4 is 4.72 Å². The Labute approximate surface area is 120 Å². The molecular formula is C12H12FN3O4S. The Hall–Kier alpha value is -2.26. The molecule has 1 aromatic heterocycles. The second-order valence-electron chi connectivity index (χ2n) is 4.22. The van der Waals surface area contributed by atoms with Gasteiger partial charge in [-0.1, -0.05) is 0 Å².